The van der Waals surface area contributed by atoms with Crippen LogP contribution in [0.5, 0.6) is 0 Å². The normalized spacial score (nSPS) is 15.1. The number of amides is 2. The van der Waals surface area contributed by atoms with Gasteiger partial charge in [-0.15, -0.1) is 0 Å². The lowest BCUT2D eigenvalue weighted by molar-refractivity contribution is -0.127. The van der Waals surface area contributed by atoms with Crippen molar-refractivity contribution in [2.24, 2.45) is 11.1 Å². The van der Waals surface area contributed by atoms with E-state index in [0.717, 1.165) is 6.42 Å². The number of rotatable bonds is 7. The van der Waals surface area contributed by atoms with Crippen LogP contribution in [0, 0.1) is 5.41 Å². The molecule has 2 unspecified atom stereocenters. The van der Waals surface area contributed by atoms with Gasteiger partial charge in [-0.05, 0) is 34.1 Å². The van der Waals surface area contributed by atoms with Crippen molar-refractivity contribution in [1.82, 2.24) is 10.6 Å². The fraction of sp³-hybridized carbons (Fsp3) is 0.833. The number of nitrogens with one attached hydrogen (secondary N) is 2. The predicted octanol–water partition coefficient (Wildman–Crippen LogP) is 0.391. The molecule has 5 heteroatoms. The van der Waals surface area contributed by atoms with E-state index < -0.39 is 5.41 Å². The van der Waals surface area contributed by atoms with E-state index in [-0.39, 0.29) is 23.9 Å². The number of nitrogens with two attached hydrogens (primary N) is 1. The highest BCUT2D eigenvalue weighted by Gasteiger charge is 2.26. The Morgan fingerprint density at radius 3 is 2.24 bits per heavy atom. The smallest absolute Gasteiger partial charge is 0.237 e. The summed E-state index contributed by atoms with van der Waals surface area (Å²) in [4.78, 5) is 22.8. The van der Waals surface area contributed by atoms with E-state index in [0.29, 0.717) is 6.54 Å². The highest BCUT2D eigenvalue weighted by molar-refractivity contribution is 5.82. The molecule has 0 aromatic heterocycles. The molecule has 0 aliphatic rings. The van der Waals surface area contributed by atoms with Gasteiger partial charge in [0.2, 0.25) is 11.8 Å². The van der Waals surface area contributed by atoms with Gasteiger partial charge in [-0.3, -0.25) is 9.59 Å². The van der Waals surface area contributed by atoms with E-state index in [1.54, 1.807) is 20.8 Å². The first kappa shape index (κ1) is 15.9. The lowest BCUT2D eigenvalue weighted by Crippen LogP contribution is -2.49. The summed E-state index contributed by atoms with van der Waals surface area (Å²) >= 11 is 0. The van der Waals surface area contributed by atoms with Gasteiger partial charge in [0.25, 0.3) is 0 Å². The molecule has 5 nitrogen and oxygen atoms in total. The topological polar surface area (TPSA) is 84.2 Å². The lowest BCUT2D eigenvalue weighted by atomic mass is 9.92. The number of carbonyl (C=O) groups excluding carboxylic acids is 2. The molecule has 0 aromatic rings. The molecule has 2 atom stereocenters. The van der Waals surface area contributed by atoms with Gasteiger partial charge >= 0.3 is 0 Å². The van der Waals surface area contributed by atoms with Crippen molar-refractivity contribution < 1.29 is 9.59 Å². The van der Waals surface area contributed by atoms with Crippen LogP contribution in [0.4, 0.5) is 0 Å². The average molecular weight is 243 g/mol. The minimum absolute atomic E-state index is 0.0559. The second-order valence-corrected chi connectivity index (χ2v) is 5.17. The highest BCUT2D eigenvalue weighted by Crippen LogP contribution is 2.12. The van der Waals surface area contributed by atoms with E-state index >= 15 is 0 Å². The standard InChI is InChI=1S/C12H25N3O2/c1-6-8(2)15-10(16)9(3)14-7-12(4,5)11(13)17/h8-9,14H,6-7H2,1-5H3,(H2,13,17)(H,15,16). The Bertz CT molecular complexity index is 277. The summed E-state index contributed by atoms with van der Waals surface area (Å²) in [6.07, 6.45) is 0.894. The largest absolute Gasteiger partial charge is 0.369 e. The second kappa shape index (κ2) is 6.59. The molecule has 0 fully saturated rings. The third-order valence-corrected chi connectivity index (χ3v) is 2.91. The Morgan fingerprint density at radius 2 is 1.82 bits per heavy atom. The molecule has 0 saturated carbocycles. The van der Waals surface area contributed by atoms with Gasteiger partial charge in [0.15, 0.2) is 0 Å². The van der Waals surface area contributed by atoms with E-state index in [2.05, 4.69) is 10.6 Å². The van der Waals surface area contributed by atoms with Gasteiger partial charge < -0.3 is 16.4 Å². The molecule has 0 aromatic carbocycles. The monoisotopic (exact) mass is 243 g/mol. The summed E-state index contributed by atoms with van der Waals surface area (Å²) in [5.74, 6) is -0.431. The molecule has 4 N–H and O–H groups in total. The van der Waals surface area contributed by atoms with E-state index in [1.165, 1.54) is 0 Å². The average Bonchev–Trinajstić information content (AvgIpc) is 2.25. The van der Waals surface area contributed by atoms with Crippen LogP contribution in [0.1, 0.15) is 41.0 Å². The maximum atomic E-state index is 11.7. The molecule has 17 heavy (non-hydrogen) atoms. The van der Waals surface area contributed by atoms with Gasteiger partial charge in [-0.2, -0.15) is 0 Å². The molecule has 0 rings (SSSR count). The highest BCUT2D eigenvalue weighted by atomic mass is 16.2. The van der Waals surface area contributed by atoms with Gasteiger partial charge in [0.05, 0.1) is 11.5 Å². The minimum Gasteiger partial charge on any atom is -0.369 e. The number of hydrogen-bond acceptors (Lipinski definition) is 3. The second-order valence-electron chi connectivity index (χ2n) is 5.17. The lowest BCUT2D eigenvalue weighted by Gasteiger charge is -2.24. The number of carbonyl (C=O) groups is 2. The SMILES string of the molecule is CCC(C)NC(=O)C(C)NCC(C)(C)C(N)=O. The summed E-state index contributed by atoms with van der Waals surface area (Å²) in [6, 6.07) is -0.168. The first-order valence-electron chi connectivity index (χ1n) is 6.04. The zero-order chi connectivity index (χ0) is 13.6. The van der Waals surface area contributed by atoms with Crippen LogP contribution in [0.3, 0.4) is 0 Å². The Kier molecular flexibility index (Phi) is 6.16. The Labute approximate surface area is 104 Å². The molecule has 2 amide bonds. The third-order valence-electron chi connectivity index (χ3n) is 2.91. The molecular weight excluding hydrogens is 218 g/mol. The van der Waals surface area contributed by atoms with E-state index in [1.807, 2.05) is 13.8 Å². The Hall–Kier alpha value is -1.10. The van der Waals surface area contributed by atoms with Crippen molar-refractivity contribution in [3.63, 3.8) is 0 Å². The van der Waals surface area contributed by atoms with Crippen LogP contribution >= 0.6 is 0 Å². The Morgan fingerprint density at radius 1 is 1.29 bits per heavy atom. The fourth-order valence-electron chi connectivity index (χ4n) is 1.06. The molecule has 0 aliphatic heterocycles. The zero-order valence-electron chi connectivity index (χ0n) is 11.5. The molecule has 0 aliphatic carbocycles. The molecule has 0 heterocycles. The van der Waals surface area contributed by atoms with Crippen LogP contribution in [0.25, 0.3) is 0 Å². The van der Waals surface area contributed by atoms with Crippen molar-refractivity contribution in [1.29, 1.82) is 0 Å². The maximum absolute atomic E-state index is 11.7. The van der Waals surface area contributed by atoms with Crippen LogP contribution in [-0.2, 0) is 9.59 Å². The van der Waals surface area contributed by atoms with Crippen molar-refractivity contribution in [3.8, 4) is 0 Å². The van der Waals surface area contributed by atoms with Crippen molar-refractivity contribution in [3.05, 3.63) is 0 Å². The molecule has 0 spiro atoms. The quantitative estimate of drug-likeness (QED) is 0.605. The minimum atomic E-state index is -0.648. The van der Waals surface area contributed by atoms with Crippen molar-refractivity contribution in [2.45, 2.75) is 53.1 Å². The molecule has 100 valence electrons. The third kappa shape index (κ3) is 5.68. The predicted molar refractivity (Wildman–Crippen MR) is 68.3 cm³/mol. The van der Waals surface area contributed by atoms with E-state index in [4.69, 9.17) is 5.73 Å². The van der Waals surface area contributed by atoms with E-state index in [9.17, 15) is 9.59 Å². The van der Waals surface area contributed by atoms with Gasteiger partial charge in [0.1, 0.15) is 0 Å². The summed E-state index contributed by atoms with van der Waals surface area (Å²) in [6.45, 7) is 9.63. The summed E-state index contributed by atoms with van der Waals surface area (Å²) in [7, 11) is 0. The van der Waals surface area contributed by atoms with Crippen molar-refractivity contribution in [2.75, 3.05) is 6.54 Å². The summed E-state index contributed by atoms with van der Waals surface area (Å²) < 4.78 is 0. The summed E-state index contributed by atoms with van der Waals surface area (Å²) in [5.41, 5.74) is 4.61. The van der Waals surface area contributed by atoms with Crippen LogP contribution in [-0.4, -0.2) is 30.4 Å². The number of hydrogen-bond donors (Lipinski definition) is 3. The van der Waals surface area contributed by atoms with Crippen LogP contribution in [0.2, 0.25) is 0 Å². The van der Waals surface area contributed by atoms with Gasteiger partial charge in [-0.1, -0.05) is 6.92 Å². The maximum Gasteiger partial charge on any atom is 0.237 e. The number of primary amides is 1. The van der Waals surface area contributed by atoms with Crippen LogP contribution < -0.4 is 16.4 Å². The van der Waals surface area contributed by atoms with Gasteiger partial charge in [-0.25, -0.2) is 0 Å². The molecule has 0 radical (unpaired) electrons. The fourth-order valence-corrected chi connectivity index (χ4v) is 1.06. The van der Waals surface area contributed by atoms with Crippen molar-refractivity contribution >= 4 is 11.8 Å². The molecular formula is C12H25N3O2. The molecule has 0 saturated heterocycles. The van der Waals surface area contributed by atoms with Crippen LogP contribution in [0.15, 0.2) is 0 Å². The first-order valence-corrected chi connectivity index (χ1v) is 6.04. The van der Waals surface area contributed by atoms with Gasteiger partial charge in [0, 0.05) is 12.6 Å². The zero-order valence-corrected chi connectivity index (χ0v) is 11.5. The molecule has 0 bridgehead atoms. The first-order chi connectivity index (χ1) is 7.70. The summed E-state index contributed by atoms with van der Waals surface area (Å²) in [5, 5.41) is 5.90. The Balaban J connectivity index is 4.14.